The zero-order valence-electron chi connectivity index (χ0n) is 10.9. The Hall–Kier alpha value is -2.53. The summed E-state index contributed by atoms with van der Waals surface area (Å²) in [6.45, 7) is 0. The first-order valence-corrected chi connectivity index (χ1v) is 6.70. The first-order valence-electron chi connectivity index (χ1n) is 6.29. The standard InChI is InChI=1S/C16H11FN2OS/c17-11-7-5-10(6-8-11)13-9-14(19-16(21)18-13)12-3-1-2-4-15(12)20/h1-9,20H,(H,18,19,21). The number of hydrogen-bond donors (Lipinski definition) is 2. The molecule has 0 atom stereocenters. The van der Waals surface area contributed by atoms with Gasteiger partial charge in [0.2, 0.25) is 0 Å². The van der Waals surface area contributed by atoms with Gasteiger partial charge in [0, 0.05) is 11.1 Å². The second kappa shape index (κ2) is 5.46. The van der Waals surface area contributed by atoms with E-state index in [1.54, 1.807) is 36.4 Å². The summed E-state index contributed by atoms with van der Waals surface area (Å²) in [6.07, 6.45) is 0. The van der Waals surface area contributed by atoms with Gasteiger partial charge in [-0.05, 0) is 54.7 Å². The summed E-state index contributed by atoms with van der Waals surface area (Å²) in [7, 11) is 0. The molecule has 0 bridgehead atoms. The lowest BCUT2D eigenvalue weighted by molar-refractivity contribution is 0.477. The van der Waals surface area contributed by atoms with Crippen molar-refractivity contribution >= 4 is 12.2 Å². The maximum Gasteiger partial charge on any atom is 0.197 e. The molecule has 0 aliphatic rings. The Morgan fingerprint density at radius 1 is 1.05 bits per heavy atom. The van der Waals surface area contributed by atoms with Crippen molar-refractivity contribution < 1.29 is 9.50 Å². The molecule has 0 amide bonds. The van der Waals surface area contributed by atoms with Crippen molar-refractivity contribution in [3.63, 3.8) is 0 Å². The van der Waals surface area contributed by atoms with Crippen LogP contribution in [0, 0.1) is 10.6 Å². The number of aromatic amines is 1. The van der Waals surface area contributed by atoms with E-state index in [4.69, 9.17) is 12.2 Å². The highest BCUT2D eigenvalue weighted by Gasteiger charge is 2.07. The quantitative estimate of drug-likeness (QED) is 0.693. The normalized spacial score (nSPS) is 10.5. The molecular weight excluding hydrogens is 287 g/mol. The smallest absolute Gasteiger partial charge is 0.197 e. The molecule has 0 fully saturated rings. The fraction of sp³-hybridized carbons (Fsp3) is 0. The number of benzene rings is 2. The van der Waals surface area contributed by atoms with Crippen LogP contribution in [0.2, 0.25) is 0 Å². The first kappa shape index (κ1) is 13.5. The van der Waals surface area contributed by atoms with Gasteiger partial charge in [-0.1, -0.05) is 12.1 Å². The van der Waals surface area contributed by atoms with Crippen molar-refractivity contribution in [3.8, 4) is 28.3 Å². The number of para-hydroxylation sites is 1. The van der Waals surface area contributed by atoms with Crippen molar-refractivity contribution in [1.82, 2.24) is 9.97 Å². The van der Waals surface area contributed by atoms with E-state index in [1.807, 2.05) is 6.07 Å². The van der Waals surface area contributed by atoms with Crippen molar-refractivity contribution in [2.45, 2.75) is 0 Å². The van der Waals surface area contributed by atoms with Crippen LogP contribution in [0.3, 0.4) is 0 Å². The molecule has 0 spiro atoms. The number of phenols is 1. The molecule has 1 heterocycles. The predicted octanol–water partition coefficient (Wildman–Crippen LogP) is 4.32. The minimum absolute atomic E-state index is 0.152. The summed E-state index contributed by atoms with van der Waals surface area (Å²) in [5, 5.41) is 9.93. The van der Waals surface area contributed by atoms with E-state index in [0.29, 0.717) is 21.7 Å². The highest BCUT2D eigenvalue weighted by atomic mass is 32.1. The van der Waals surface area contributed by atoms with Crippen molar-refractivity contribution in [2.24, 2.45) is 0 Å². The molecule has 2 aromatic carbocycles. The highest BCUT2D eigenvalue weighted by Crippen LogP contribution is 2.29. The monoisotopic (exact) mass is 298 g/mol. The molecule has 0 saturated heterocycles. The maximum atomic E-state index is 13.0. The Bertz CT molecular complexity index is 843. The van der Waals surface area contributed by atoms with Gasteiger partial charge in [0.25, 0.3) is 0 Å². The van der Waals surface area contributed by atoms with E-state index in [0.717, 1.165) is 5.56 Å². The van der Waals surface area contributed by atoms with Crippen LogP contribution >= 0.6 is 12.2 Å². The SMILES string of the molecule is Oc1ccccc1-c1cc(-c2ccc(F)cc2)nc(=S)[nH]1. The first-order chi connectivity index (χ1) is 10.1. The van der Waals surface area contributed by atoms with Gasteiger partial charge in [0.1, 0.15) is 11.6 Å². The van der Waals surface area contributed by atoms with Gasteiger partial charge >= 0.3 is 0 Å². The number of phenolic OH excluding ortho intramolecular Hbond substituents is 1. The van der Waals surface area contributed by atoms with Crippen LogP contribution in [0.5, 0.6) is 5.75 Å². The lowest BCUT2D eigenvalue weighted by atomic mass is 10.1. The Labute approximate surface area is 125 Å². The largest absolute Gasteiger partial charge is 0.507 e. The number of halogens is 1. The number of aromatic nitrogens is 2. The zero-order valence-corrected chi connectivity index (χ0v) is 11.7. The molecule has 5 heteroatoms. The van der Waals surface area contributed by atoms with Gasteiger partial charge in [-0.2, -0.15) is 0 Å². The molecule has 0 saturated carbocycles. The summed E-state index contributed by atoms with van der Waals surface area (Å²) < 4.78 is 13.3. The predicted molar refractivity (Wildman–Crippen MR) is 81.9 cm³/mol. The molecule has 0 radical (unpaired) electrons. The number of rotatable bonds is 2. The van der Waals surface area contributed by atoms with Gasteiger partial charge in [0.15, 0.2) is 4.77 Å². The third-order valence-corrected chi connectivity index (χ3v) is 3.27. The van der Waals surface area contributed by atoms with Crippen LogP contribution in [0.25, 0.3) is 22.5 Å². The van der Waals surface area contributed by atoms with Gasteiger partial charge in [-0.3, -0.25) is 0 Å². The van der Waals surface area contributed by atoms with Crippen LogP contribution in [-0.4, -0.2) is 15.1 Å². The molecule has 1 aromatic heterocycles. The van der Waals surface area contributed by atoms with Gasteiger partial charge in [0.05, 0.1) is 11.4 Å². The topological polar surface area (TPSA) is 48.9 Å². The van der Waals surface area contributed by atoms with E-state index < -0.39 is 0 Å². The minimum Gasteiger partial charge on any atom is -0.507 e. The number of H-pyrrole nitrogens is 1. The van der Waals surface area contributed by atoms with Crippen LogP contribution in [0.4, 0.5) is 4.39 Å². The number of nitrogens with zero attached hydrogens (tertiary/aromatic N) is 1. The van der Waals surface area contributed by atoms with Crippen LogP contribution in [0.15, 0.2) is 54.6 Å². The summed E-state index contributed by atoms with van der Waals surface area (Å²) in [6, 6.07) is 14.8. The van der Waals surface area contributed by atoms with E-state index in [2.05, 4.69) is 9.97 Å². The molecule has 21 heavy (non-hydrogen) atoms. The molecular formula is C16H11FN2OS. The van der Waals surface area contributed by atoms with Crippen LogP contribution in [0.1, 0.15) is 0 Å². The zero-order chi connectivity index (χ0) is 14.8. The average Bonchev–Trinajstić information content (AvgIpc) is 2.48. The summed E-state index contributed by atoms with van der Waals surface area (Å²) in [5.74, 6) is -0.153. The molecule has 104 valence electrons. The second-order valence-corrected chi connectivity index (χ2v) is 4.90. The van der Waals surface area contributed by atoms with Crippen molar-refractivity contribution in [2.75, 3.05) is 0 Å². The minimum atomic E-state index is -0.305. The Kier molecular flexibility index (Phi) is 3.50. The van der Waals surface area contributed by atoms with Crippen molar-refractivity contribution in [3.05, 3.63) is 65.2 Å². The number of aromatic hydroxyl groups is 1. The molecule has 0 aliphatic heterocycles. The summed E-state index contributed by atoms with van der Waals surface area (Å²) >= 11 is 5.13. The molecule has 2 N–H and O–H groups in total. The van der Waals surface area contributed by atoms with Crippen molar-refractivity contribution in [1.29, 1.82) is 0 Å². The van der Waals surface area contributed by atoms with Gasteiger partial charge in [-0.25, -0.2) is 9.37 Å². The fourth-order valence-electron chi connectivity index (χ4n) is 2.07. The van der Waals surface area contributed by atoms with Gasteiger partial charge in [-0.15, -0.1) is 0 Å². The third kappa shape index (κ3) is 2.83. The number of hydrogen-bond acceptors (Lipinski definition) is 3. The van der Waals surface area contributed by atoms with Gasteiger partial charge < -0.3 is 10.1 Å². The third-order valence-electron chi connectivity index (χ3n) is 3.08. The van der Waals surface area contributed by atoms with E-state index >= 15 is 0 Å². The average molecular weight is 298 g/mol. The Balaban J connectivity index is 2.15. The number of nitrogens with one attached hydrogen (secondary N) is 1. The summed E-state index contributed by atoms with van der Waals surface area (Å²) in [4.78, 5) is 7.20. The summed E-state index contributed by atoms with van der Waals surface area (Å²) in [5.41, 5.74) is 2.67. The molecule has 3 nitrogen and oxygen atoms in total. The second-order valence-electron chi connectivity index (χ2n) is 4.51. The van der Waals surface area contributed by atoms with E-state index in [-0.39, 0.29) is 11.6 Å². The van der Waals surface area contributed by atoms with E-state index in [1.165, 1.54) is 12.1 Å². The molecule has 3 rings (SSSR count). The lowest BCUT2D eigenvalue weighted by Crippen LogP contribution is -1.92. The lowest BCUT2D eigenvalue weighted by Gasteiger charge is -2.07. The van der Waals surface area contributed by atoms with Crippen LogP contribution < -0.4 is 0 Å². The molecule has 3 aromatic rings. The molecule has 0 unspecified atom stereocenters. The highest BCUT2D eigenvalue weighted by molar-refractivity contribution is 7.71. The fourth-order valence-corrected chi connectivity index (χ4v) is 2.28. The Morgan fingerprint density at radius 2 is 1.76 bits per heavy atom. The van der Waals surface area contributed by atoms with Crippen LogP contribution in [-0.2, 0) is 0 Å². The Morgan fingerprint density at radius 3 is 2.48 bits per heavy atom. The molecule has 0 aliphatic carbocycles. The van der Waals surface area contributed by atoms with E-state index in [9.17, 15) is 9.50 Å². The maximum absolute atomic E-state index is 13.0.